The first-order valence-corrected chi connectivity index (χ1v) is 10.2. The first-order valence-electron chi connectivity index (χ1n) is 10.2. The van der Waals surface area contributed by atoms with Crippen molar-refractivity contribution < 1.29 is 9.59 Å². The molecule has 0 spiro atoms. The quantitative estimate of drug-likeness (QED) is 0.669. The Morgan fingerprint density at radius 1 is 0.871 bits per heavy atom. The van der Waals surface area contributed by atoms with E-state index in [9.17, 15) is 9.59 Å². The molecule has 3 aromatic rings. The van der Waals surface area contributed by atoms with Crippen molar-refractivity contribution in [1.82, 2.24) is 10.2 Å². The minimum absolute atomic E-state index is 0.0902. The molecular formula is C25H22N4O2. The zero-order valence-electron chi connectivity index (χ0n) is 17.1. The van der Waals surface area contributed by atoms with Crippen LogP contribution in [-0.4, -0.2) is 30.4 Å². The second-order valence-electron chi connectivity index (χ2n) is 7.65. The number of anilines is 3. The SMILES string of the molecule is CN1C(=O)NC(c2ccccc2)C2=C1CN(c1cccc(Nc3ccccc3)c1)C2=O. The molecule has 0 aromatic heterocycles. The van der Waals surface area contributed by atoms with Crippen LogP contribution in [0.4, 0.5) is 21.9 Å². The van der Waals surface area contributed by atoms with E-state index in [1.165, 1.54) is 0 Å². The van der Waals surface area contributed by atoms with Crippen LogP contribution in [0, 0.1) is 0 Å². The van der Waals surface area contributed by atoms with E-state index in [4.69, 9.17) is 0 Å². The summed E-state index contributed by atoms with van der Waals surface area (Å²) in [5.74, 6) is -0.0902. The number of carbonyl (C=O) groups is 2. The van der Waals surface area contributed by atoms with E-state index in [1.807, 2.05) is 84.9 Å². The molecule has 3 aromatic carbocycles. The largest absolute Gasteiger partial charge is 0.355 e. The van der Waals surface area contributed by atoms with Crippen LogP contribution in [0.1, 0.15) is 11.6 Å². The number of benzene rings is 3. The van der Waals surface area contributed by atoms with Gasteiger partial charge in [-0.1, -0.05) is 54.6 Å². The molecule has 2 N–H and O–H groups in total. The molecule has 154 valence electrons. The Balaban J connectivity index is 1.47. The second kappa shape index (κ2) is 7.65. The van der Waals surface area contributed by atoms with Crippen LogP contribution < -0.4 is 15.5 Å². The molecular weight excluding hydrogens is 388 g/mol. The number of rotatable bonds is 4. The van der Waals surface area contributed by atoms with Crippen molar-refractivity contribution >= 4 is 29.0 Å². The maximum Gasteiger partial charge on any atom is 0.322 e. The van der Waals surface area contributed by atoms with Crippen LogP contribution >= 0.6 is 0 Å². The van der Waals surface area contributed by atoms with E-state index in [0.717, 1.165) is 28.3 Å². The Kier molecular flexibility index (Phi) is 4.67. The monoisotopic (exact) mass is 410 g/mol. The fourth-order valence-corrected chi connectivity index (χ4v) is 4.11. The van der Waals surface area contributed by atoms with Gasteiger partial charge in [0.15, 0.2) is 0 Å². The molecule has 31 heavy (non-hydrogen) atoms. The Morgan fingerprint density at radius 3 is 2.29 bits per heavy atom. The molecule has 1 atom stereocenters. The van der Waals surface area contributed by atoms with Crippen molar-refractivity contribution in [3.8, 4) is 0 Å². The zero-order chi connectivity index (χ0) is 21.4. The number of urea groups is 1. The highest BCUT2D eigenvalue weighted by molar-refractivity contribution is 6.12. The number of para-hydroxylation sites is 1. The van der Waals surface area contributed by atoms with Gasteiger partial charge in [-0.05, 0) is 35.9 Å². The predicted molar refractivity (Wildman–Crippen MR) is 121 cm³/mol. The average molecular weight is 410 g/mol. The van der Waals surface area contributed by atoms with Crippen molar-refractivity contribution in [3.63, 3.8) is 0 Å². The van der Waals surface area contributed by atoms with E-state index >= 15 is 0 Å². The minimum atomic E-state index is -0.456. The average Bonchev–Trinajstić information content (AvgIpc) is 3.15. The number of likely N-dealkylation sites (N-methyl/N-ethyl adjacent to an activating group) is 1. The third-order valence-corrected chi connectivity index (χ3v) is 5.71. The number of carbonyl (C=O) groups excluding carboxylic acids is 2. The topological polar surface area (TPSA) is 64.7 Å². The summed E-state index contributed by atoms with van der Waals surface area (Å²) < 4.78 is 0. The number of hydrogen-bond acceptors (Lipinski definition) is 3. The van der Waals surface area contributed by atoms with Crippen molar-refractivity contribution in [1.29, 1.82) is 0 Å². The van der Waals surface area contributed by atoms with Gasteiger partial charge < -0.3 is 15.5 Å². The molecule has 0 bridgehead atoms. The lowest BCUT2D eigenvalue weighted by molar-refractivity contribution is -0.114. The number of hydrogen-bond donors (Lipinski definition) is 2. The molecule has 0 aliphatic carbocycles. The fourth-order valence-electron chi connectivity index (χ4n) is 4.11. The number of nitrogens with one attached hydrogen (secondary N) is 2. The highest BCUT2D eigenvalue weighted by Crippen LogP contribution is 2.38. The highest BCUT2D eigenvalue weighted by Gasteiger charge is 2.43. The Morgan fingerprint density at radius 2 is 1.55 bits per heavy atom. The van der Waals surface area contributed by atoms with Gasteiger partial charge in [-0.25, -0.2) is 4.79 Å². The molecule has 3 amide bonds. The van der Waals surface area contributed by atoms with Crippen molar-refractivity contribution in [2.75, 3.05) is 23.8 Å². The number of amides is 3. The Bertz CT molecular complexity index is 1170. The standard InChI is InChI=1S/C25H22N4O2/c1-28-21-16-29(20-14-8-13-19(15-20)26-18-11-6-3-7-12-18)24(30)22(21)23(27-25(28)31)17-9-4-2-5-10-17/h2-15,23,26H,16H2,1H3,(H,27,31). The molecule has 1 unspecified atom stereocenters. The van der Waals surface area contributed by atoms with Crippen LogP contribution in [0.5, 0.6) is 0 Å². The van der Waals surface area contributed by atoms with Gasteiger partial charge in [0, 0.05) is 24.1 Å². The molecule has 6 heteroatoms. The van der Waals surface area contributed by atoms with Crippen LogP contribution in [-0.2, 0) is 4.79 Å². The van der Waals surface area contributed by atoms with Gasteiger partial charge in [-0.2, -0.15) is 0 Å². The Hall–Kier alpha value is -4.06. The number of nitrogens with zero attached hydrogens (tertiary/aromatic N) is 2. The van der Waals surface area contributed by atoms with E-state index < -0.39 is 6.04 Å². The molecule has 2 aliphatic heterocycles. The van der Waals surface area contributed by atoms with Gasteiger partial charge in [-0.3, -0.25) is 9.69 Å². The maximum absolute atomic E-state index is 13.5. The molecule has 2 heterocycles. The second-order valence-corrected chi connectivity index (χ2v) is 7.65. The molecule has 0 saturated heterocycles. The lowest BCUT2D eigenvalue weighted by atomic mass is 9.96. The summed E-state index contributed by atoms with van der Waals surface area (Å²) in [6.45, 7) is 0.357. The van der Waals surface area contributed by atoms with Crippen LogP contribution in [0.25, 0.3) is 0 Å². The van der Waals surface area contributed by atoms with Crippen LogP contribution in [0.15, 0.2) is 96.2 Å². The third kappa shape index (κ3) is 3.42. The first kappa shape index (κ1) is 18.9. The van der Waals surface area contributed by atoms with E-state index in [1.54, 1.807) is 16.8 Å². The van der Waals surface area contributed by atoms with Crippen molar-refractivity contribution in [3.05, 3.63) is 102 Å². The van der Waals surface area contributed by atoms with E-state index in [2.05, 4.69) is 10.6 Å². The normalized spacial score (nSPS) is 18.2. The third-order valence-electron chi connectivity index (χ3n) is 5.71. The van der Waals surface area contributed by atoms with Crippen molar-refractivity contribution in [2.24, 2.45) is 0 Å². The molecule has 5 rings (SSSR count). The molecule has 0 fully saturated rings. The van der Waals surface area contributed by atoms with Gasteiger partial charge in [0.2, 0.25) is 0 Å². The first-order chi connectivity index (χ1) is 15.1. The zero-order valence-corrected chi connectivity index (χ0v) is 17.1. The maximum atomic E-state index is 13.5. The molecule has 0 saturated carbocycles. The summed E-state index contributed by atoms with van der Waals surface area (Å²) in [7, 11) is 1.70. The molecule has 6 nitrogen and oxygen atoms in total. The fraction of sp³-hybridized carbons (Fsp3) is 0.120. The summed E-state index contributed by atoms with van der Waals surface area (Å²) in [5.41, 5.74) is 4.91. The summed E-state index contributed by atoms with van der Waals surface area (Å²) in [5, 5.41) is 6.34. The van der Waals surface area contributed by atoms with Crippen LogP contribution in [0.3, 0.4) is 0 Å². The van der Waals surface area contributed by atoms with Gasteiger partial charge in [0.25, 0.3) is 5.91 Å². The van der Waals surface area contributed by atoms with Crippen LogP contribution in [0.2, 0.25) is 0 Å². The Labute approximate surface area is 180 Å². The van der Waals surface area contributed by atoms with Crippen molar-refractivity contribution in [2.45, 2.75) is 6.04 Å². The minimum Gasteiger partial charge on any atom is -0.355 e. The lowest BCUT2D eigenvalue weighted by Gasteiger charge is -2.31. The predicted octanol–water partition coefficient (Wildman–Crippen LogP) is 4.43. The highest BCUT2D eigenvalue weighted by atomic mass is 16.2. The van der Waals surface area contributed by atoms with Gasteiger partial charge in [-0.15, -0.1) is 0 Å². The molecule has 2 aliphatic rings. The summed E-state index contributed by atoms with van der Waals surface area (Å²) in [6, 6.07) is 26.6. The van der Waals surface area contributed by atoms with Gasteiger partial charge in [0.1, 0.15) is 0 Å². The van der Waals surface area contributed by atoms with Gasteiger partial charge in [0.05, 0.1) is 23.9 Å². The van der Waals surface area contributed by atoms with Gasteiger partial charge >= 0.3 is 6.03 Å². The summed E-state index contributed by atoms with van der Waals surface area (Å²) in [4.78, 5) is 29.4. The van der Waals surface area contributed by atoms with E-state index in [0.29, 0.717) is 12.1 Å². The lowest BCUT2D eigenvalue weighted by Crippen LogP contribution is -2.45. The summed E-state index contributed by atoms with van der Waals surface area (Å²) in [6.07, 6.45) is 0. The van der Waals surface area contributed by atoms with E-state index in [-0.39, 0.29) is 11.9 Å². The molecule has 0 radical (unpaired) electrons. The summed E-state index contributed by atoms with van der Waals surface area (Å²) >= 11 is 0. The smallest absolute Gasteiger partial charge is 0.322 e.